The second kappa shape index (κ2) is 8.15. The number of amides is 1. The van der Waals surface area contributed by atoms with Gasteiger partial charge in [0.2, 0.25) is 0 Å². The minimum atomic E-state index is 0.000834. The van der Waals surface area contributed by atoms with Gasteiger partial charge in [0.05, 0.1) is 6.61 Å². The molecule has 0 saturated carbocycles. The summed E-state index contributed by atoms with van der Waals surface area (Å²) in [5.41, 5.74) is 6.73. The summed E-state index contributed by atoms with van der Waals surface area (Å²) >= 11 is 0. The largest absolute Gasteiger partial charge is 0.491 e. The number of nitrogens with two attached hydrogens (primary N) is 1. The van der Waals surface area contributed by atoms with Crippen molar-refractivity contribution in [1.82, 2.24) is 4.90 Å². The Balaban J connectivity index is 2.02. The van der Waals surface area contributed by atoms with Gasteiger partial charge in [-0.15, -0.1) is 0 Å². The number of benzene rings is 1. The van der Waals surface area contributed by atoms with Crippen LogP contribution in [0, 0.1) is 0 Å². The Kier molecular flexibility index (Phi) is 6.21. The van der Waals surface area contributed by atoms with E-state index < -0.39 is 0 Å². The zero-order chi connectivity index (χ0) is 15.9. The molecule has 2 rings (SSSR count). The Labute approximate surface area is 132 Å². The fourth-order valence-electron chi connectivity index (χ4n) is 2.86. The maximum atomic E-state index is 12.7. The zero-order valence-electron chi connectivity index (χ0n) is 13.5. The molecule has 1 saturated heterocycles. The van der Waals surface area contributed by atoms with Crippen LogP contribution in [0.5, 0.6) is 5.75 Å². The van der Waals surface area contributed by atoms with E-state index in [1.807, 2.05) is 36.1 Å². The number of piperidine rings is 1. The first-order valence-corrected chi connectivity index (χ1v) is 7.92. The number of likely N-dealkylation sites (tertiary alicyclic amines) is 1. The molecule has 1 amide bonds. The van der Waals surface area contributed by atoms with Crippen LogP contribution in [0.1, 0.15) is 36.5 Å². The molecule has 2 N–H and O–H groups in total. The van der Waals surface area contributed by atoms with Gasteiger partial charge in [0.15, 0.2) is 0 Å². The molecule has 0 spiro atoms. The third-order valence-electron chi connectivity index (χ3n) is 4.07. The summed E-state index contributed by atoms with van der Waals surface area (Å²) in [6, 6.07) is 7.43. The van der Waals surface area contributed by atoms with Crippen LogP contribution in [-0.4, -0.2) is 49.8 Å². The quantitative estimate of drug-likeness (QED) is 0.817. The topological polar surface area (TPSA) is 64.8 Å². The Morgan fingerprint density at radius 1 is 1.32 bits per heavy atom. The number of hydrogen-bond acceptors (Lipinski definition) is 4. The van der Waals surface area contributed by atoms with Crippen molar-refractivity contribution in [2.75, 3.05) is 26.9 Å². The lowest BCUT2D eigenvalue weighted by molar-refractivity contribution is 0.0583. The van der Waals surface area contributed by atoms with Gasteiger partial charge >= 0.3 is 0 Å². The van der Waals surface area contributed by atoms with Crippen molar-refractivity contribution in [1.29, 1.82) is 0 Å². The molecule has 22 heavy (non-hydrogen) atoms. The van der Waals surface area contributed by atoms with E-state index in [4.69, 9.17) is 15.2 Å². The molecule has 122 valence electrons. The molecule has 1 fully saturated rings. The fraction of sp³-hybridized carbons (Fsp3) is 0.588. The molecule has 2 atom stereocenters. The number of rotatable bonds is 6. The van der Waals surface area contributed by atoms with Crippen LogP contribution < -0.4 is 10.5 Å². The number of ether oxygens (including phenoxy) is 2. The SMILES string of the molecule is COCCOc1ccc(C(=O)N2CCCCC2C(C)N)cc1. The lowest BCUT2D eigenvalue weighted by Crippen LogP contribution is -2.51. The van der Waals surface area contributed by atoms with Crippen LogP contribution in [0.15, 0.2) is 24.3 Å². The third-order valence-corrected chi connectivity index (χ3v) is 4.07. The van der Waals surface area contributed by atoms with Crippen molar-refractivity contribution in [3.05, 3.63) is 29.8 Å². The molecule has 1 aromatic rings. The van der Waals surface area contributed by atoms with E-state index >= 15 is 0 Å². The van der Waals surface area contributed by atoms with E-state index in [1.54, 1.807) is 7.11 Å². The van der Waals surface area contributed by atoms with Crippen LogP contribution >= 0.6 is 0 Å². The predicted molar refractivity (Wildman–Crippen MR) is 86.1 cm³/mol. The van der Waals surface area contributed by atoms with E-state index in [-0.39, 0.29) is 18.0 Å². The average Bonchev–Trinajstić information content (AvgIpc) is 2.55. The summed E-state index contributed by atoms with van der Waals surface area (Å²) in [7, 11) is 1.64. The lowest BCUT2D eigenvalue weighted by Gasteiger charge is -2.38. The van der Waals surface area contributed by atoms with E-state index in [2.05, 4.69) is 0 Å². The van der Waals surface area contributed by atoms with E-state index in [1.165, 1.54) is 0 Å². The van der Waals surface area contributed by atoms with Crippen LogP contribution in [-0.2, 0) is 4.74 Å². The number of nitrogens with zero attached hydrogens (tertiary/aromatic N) is 1. The lowest BCUT2D eigenvalue weighted by atomic mass is 9.96. The minimum absolute atomic E-state index is 0.000834. The van der Waals surface area contributed by atoms with E-state index in [0.29, 0.717) is 18.8 Å². The molecule has 5 nitrogen and oxygen atoms in total. The first-order chi connectivity index (χ1) is 10.6. The van der Waals surface area contributed by atoms with Gasteiger partial charge in [0, 0.05) is 31.3 Å². The highest BCUT2D eigenvalue weighted by Gasteiger charge is 2.29. The minimum Gasteiger partial charge on any atom is -0.491 e. The monoisotopic (exact) mass is 306 g/mol. The number of carbonyl (C=O) groups is 1. The van der Waals surface area contributed by atoms with E-state index in [9.17, 15) is 4.79 Å². The van der Waals surface area contributed by atoms with Gasteiger partial charge in [-0.1, -0.05) is 0 Å². The normalized spacial score (nSPS) is 19.8. The second-order valence-corrected chi connectivity index (χ2v) is 5.79. The molecule has 5 heteroatoms. The van der Waals surface area contributed by atoms with Gasteiger partial charge in [0.1, 0.15) is 12.4 Å². The highest BCUT2D eigenvalue weighted by molar-refractivity contribution is 5.94. The molecule has 0 aromatic heterocycles. The van der Waals surface area contributed by atoms with Crippen molar-refractivity contribution >= 4 is 5.91 Å². The van der Waals surface area contributed by atoms with Crippen molar-refractivity contribution in [2.45, 2.75) is 38.3 Å². The third kappa shape index (κ3) is 4.21. The standard InChI is InChI=1S/C17H26N2O3/c1-13(18)16-5-3-4-10-19(16)17(20)14-6-8-15(9-7-14)22-12-11-21-2/h6-9,13,16H,3-5,10-12,18H2,1-2H3. The van der Waals surface area contributed by atoms with Gasteiger partial charge in [-0.05, 0) is 50.5 Å². The van der Waals surface area contributed by atoms with Gasteiger partial charge in [0.25, 0.3) is 5.91 Å². The second-order valence-electron chi connectivity index (χ2n) is 5.79. The number of hydrogen-bond donors (Lipinski definition) is 1. The Morgan fingerprint density at radius 3 is 2.68 bits per heavy atom. The molecule has 1 aliphatic rings. The fourth-order valence-corrected chi connectivity index (χ4v) is 2.86. The van der Waals surface area contributed by atoms with Crippen molar-refractivity contribution in [3.8, 4) is 5.75 Å². The molecule has 1 aliphatic heterocycles. The Bertz CT molecular complexity index is 473. The van der Waals surface area contributed by atoms with Gasteiger partial charge < -0.3 is 20.1 Å². The molecule has 2 unspecified atom stereocenters. The summed E-state index contributed by atoms with van der Waals surface area (Å²) in [6.45, 7) is 3.81. The van der Waals surface area contributed by atoms with Gasteiger partial charge in [-0.2, -0.15) is 0 Å². The Morgan fingerprint density at radius 2 is 2.05 bits per heavy atom. The molecule has 0 bridgehead atoms. The molecule has 1 aromatic carbocycles. The summed E-state index contributed by atoms with van der Waals surface area (Å²) in [5, 5.41) is 0. The predicted octanol–water partition coefficient (Wildman–Crippen LogP) is 2.05. The molecular weight excluding hydrogens is 280 g/mol. The molecule has 1 heterocycles. The smallest absolute Gasteiger partial charge is 0.254 e. The zero-order valence-corrected chi connectivity index (χ0v) is 13.5. The number of methoxy groups -OCH3 is 1. The first kappa shape index (κ1) is 16.8. The van der Waals surface area contributed by atoms with Crippen molar-refractivity contribution in [2.24, 2.45) is 5.73 Å². The van der Waals surface area contributed by atoms with E-state index in [0.717, 1.165) is 31.6 Å². The summed E-state index contributed by atoms with van der Waals surface area (Å²) in [5.74, 6) is 0.807. The molecule has 0 aliphatic carbocycles. The van der Waals surface area contributed by atoms with Crippen LogP contribution in [0.3, 0.4) is 0 Å². The summed E-state index contributed by atoms with van der Waals surface area (Å²) in [6.07, 6.45) is 3.18. The molecular formula is C17H26N2O3. The van der Waals surface area contributed by atoms with Crippen LogP contribution in [0.4, 0.5) is 0 Å². The Hall–Kier alpha value is -1.59. The highest BCUT2D eigenvalue weighted by Crippen LogP contribution is 2.22. The van der Waals surface area contributed by atoms with Gasteiger partial charge in [-0.25, -0.2) is 0 Å². The summed E-state index contributed by atoms with van der Waals surface area (Å²) in [4.78, 5) is 14.6. The van der Waals surface area contributed by atoms with Crippen LogP contribution in [0.2, 0.25) is 0 Å². The highest BCUT2D eigenvalue weighted by atomic mass is 16.5. The van der Waals surface area contributed by atoms with Crippen molar-refractivity contribution in [3.63, 3.8) is 0 Å². The maximum absolute atomic E-state index is 12.7. The first-order valence-electron chi connectivity index (χ1n) is 7.92. The molecule has 0 radical (unpaired) electrons. The van der Waals surface area contributed by atoms with Crippen LogP contribution in [0.25, 0.3) is 0 Å². The summed E-state index contributed by atoms with van der Waals surface area (Å²) < 4.78 is 10.5. The average molecular weight is 306 g/mol. The van der Waals surface area contributed by atoms with Gasteiger partial charge in [-0.3, -0.25) is 4.79 Å². The maximum Gasteiger partial charge on any atom is 0.254 e. The van der Waals surface area contributed by atoms with Crippen molar-refractivity contribution < 1.29 is 14.3 Å². The number of carbonyl (C=O) groups excluding carboxylic acids is 1.